The Balaban J connectivity index is 1.85. The SMILES string of the molecule is C[C@@]1(NC(=O)CCC(=O)c2ccc(I)cc2)CCS(=O)(=O)C1. The molecule has 1 amide bonds. The lowest BCUT2D eigenvalue weighted by atomic mass is 10.0. The summed E-state index contributed by atoms with van der Waals surface area (Å²) in [7, 11) is -3.06. The number of hydrogen-bond acceptors (Lipinski definition) is 4. The van der Waals surface area contributed by atoms with E-state index in [-0.39, 0.29) is 36.0 Å². The first kappa shape index (κ1) is 17.4. The molecule has 0 spiro atoms. The maximum Gasteiger partial charge on any atom is 0.220 e. The van der Waals surface area contributed by atoms with Crippen molar-refractivity contribution in [1.29, 1.82) is 0 Å². The molecule has 1 aliphatic rings. The van der Waals surface area contributed by atoms with E-state index in [0.717, 1.165) is 3.57 Å². The Hall–Kier alpha value is -0.960. The topological polar surface area (TPSA) is 80.3 Å². The lowest BCUT2D eigenvalue weighted by Gasteiger charge is -2.23. The molecule has 1 aliphatic heterocycles. The van der Waals surface area contributed by atoms with E-state index in [9.17, 15) is 18.0 Å². The predicted octanol–water partition coefficient (Wildman–Crippen LogP) is 1.95. The Kier molecular flexibility index (Phi) is 5.26. The van der Waals surface area contributed by atoms with Gasteiger partial charge in [0.2, 0.25) is 5.91 Å². The molecule has 120 valence electrons. The van der Waals surface area contributed by atoms with E-state index in [1.165, 1.54) is 0 Å². The van der Waals surface area contributed by atoms with Crippen molar-refractivity contribution < 1.29 is 18.0 Å². The molecular formula is C15H18INO4S. The third-order valence-corrected chi connectivity index (χ3v) is 6.31. The summed E-state index contributed by atoms with van der Waals surface area (Å²) in [6.45, 7) is 1.73. The van der Waals surface area contributed by atoms with Gasteiger partial charge in [-0.1, -0.05) is 12.1 Å². The summed E-state index contributed by atoms with van der Waals surface area (Å²) >= 11 is 2.16. The normalized spacial score (nSPS) is 23.2. The van der Waals surface area contributed by atoms with Gasteiger partial charge >= 0.3 is 0 Å². The molecule has 1 N–H and O–H groups in total. The fraction of sp³-hybridized carbons (Fsp3) is 0.467. The summed E-state index contributed by atoms with van der Waals surface area (Å²) in [5, 5.41) is 2.76. The van der Waals surface area contributed by atoms with Crippen molar-refractivity contribution in [3.05, 3.63) is 33.4 Å². The largest absolute Gasteiger partial charge is 0.350 e. The number of hydrogen-bond donors (Lipinski definition) is 1. The summed E-state index contributed by atoms with van der Waals surface area (Å²) in [6.07, 6.45) is 0.613. The van der Waals surface area contributed by atoms with Crippen LogP contribution >= 0.6 is 22.6 Å². The number of sulfone groups is 1. The van der Waals surface area contributed by atoms with Gasteiger partial charge in [-0.15, -0.1) is 0 Å². The average molecular weight is 435 g/mol. The van der Waals surface area contributed by atoms with E-state index in [1.54, 1.807) is 19.1 Å². The van der Waals surface area contributed by atoms with Crippen molar-refractivity contribution in [1.82, 2.24) is 5.32 Å². The van der Waals surface area contributed by atoms with E-state index in [2.05, 4.69) is 27.9 Å². The van der Waals surface area contributed by atoms with Crippen LogP contribution in [0.4, 0.5) is 0 Å². The molecule has 0 unspecified atom stereocenters. The molecule has 0 aliphatic carbocycles. The van der Waals surface area contributed by atoms with E-state index in [4.69, 9.17) is 0 Å². The van der Waals surface area contributed by atoms with Gasteiger partial charge in [0.25, 0.3) is 0 Å². The molecule has 1 aromatic rings. The number of nitrogens with one attached hydrogen (secondary N) is 1. The van der Waals surface area contributed by atoms with Gasteiger partial charge in [-0.2, -0.15) is 0 Å². The van der Waals surface area contributed by atoms with Gasteiger partial charge < -0.3 is 5.32 Å². The Morgan fingerprint density at radius 1 is 1.23 bits per heavy atom. The summed E-state index contributed by atoms with van der Waals surface area (Å²) < 4.78 is 24.0. The first-order valence-electron chi connectivity index (χ1n) is 6.99. The van der Waals surface area contributed by atoms with Crippen LogP contribution in [0.2, 0.25) is 0 Å². The van der Waals surface area contributed by atoms with E-state index < -0.39 is 15.4 Å². The molecule has 1 saturated heterocycles. The number of Topliss-reactive ketones (excluding diaryl/α,β-unsaturated/α-hetero) is 1. The minimum absolute atomic E-state index is 0.0309. The Labute approximate surface area is 143 Å². The van der Waals surface area contributed by atoms with E-state index >= 15 is 0 Å². The zero-order valence-corrected chi connectivity index (χ0v) is 15.2. The van der Waals surface area contributed by atoms with Crippen LogP contribution in [0, 0.1) is 3.57 Å². The lowest BCUT2D eigenvalue weighted by molar-refractivity contribution is -0.122. The van der Waals surface area contributed by atoms with Crippen LogP contribution in [0.25, 0.3) is 0 Å². The standard InChI is InChI=1S/C15H18INO4S/c1-15(8-9-22(20,21)10-15)17-14(19)7-6-13(18)11-2-4-12(16)5-3-11/h2-5H,6-10H2,1H3,(H,17,19)/t15-/m1/s1. The van der Waals surface area contributed by atoms with Gasteiger partial charge in [0.15, 0.2) is 15.6 Å². The highest BCUT2D eigenvalue weighted by Crippen LogP contribution is 2.23. The molecular weight excluding hydrogens is 417 g/mol. The quantitative estimate of drug-likeness (QED) is 0.567. The second kappa shape index (κ2) is 6.66. The van der Waals surface area contributed by atoms with Crippen molar-refractivity contribution in [3.63, 3.8) is 0 Å². The summed E-state index contributed by atoms with van der Waals surface area (Å²) in [5.41, 5.74) is -0.121. The molecule has 0 saturated carbocycles. The van der Waals surface area contributed by atoms with Crippen LogP contribution in [0.1, 0.15) is 36.5 Å². The first-order valence-corrected chi connectivity index (χ1v) is 9.89. The number of carbonyl (C=O) groups is 2. The molecule has 1 aromatic carbocycles. The molecule has 1 atom stereocenters. The van der Waals surface area contributed by atoms with Crippen molar-refractivity contribution in [2.24, 2.45) is 0 Å². The van der Waals surface area contributed by atoms with Gasteiger partial charge in [-0.05, 0) is 48.1 Å². The minimum atomic E-state index is -3.06. The fourth-order valence-electron chi connectivity index (χ4n) is 2.52. The van der Waals surface area contributed by atoms with Gasteiger partial charge in [0, 0.05) is 22.0 Å². The molecule has 1 heterocycles. The molecule has 0 aromatic heterocycles. The van der Waals surface area contributed by atoms with Gasteiger partial charge in [0.1, 0.15) is 0 Å². The van der Waals surface area contributed by atoms with Crippen molar-refractivity contribution >= 4 is 44.1 Å². The maximum atomic E-state index is 12.0. The number of ketones is 1. The van der Waals surface area contributed by atoms with Gasteiger partial charge in [-0.25, -0.2) is 8.42 Å². The zero-order chi connectivity index (χ0) is 16.4. The molecule has 0 bridgehead atoms. The highest BCUT2D eigenvalue weighted by Gasteiger charge is 2.39. The zero-order valence-electron chi connectivity index (χ0n) is 12.3. The smallest absolute Gasteiger partial charge is 0.220 e. The Morgan fingerprint density at radius 2 is 1.86 bits per heavy atom. The summed E-state index contributed by atoms with van der Waals surface area (Å²) in [4.78, 5) is 23.9. The second-order valence-corrected chi connectivity index (χ2v) is 9.31. The number of benzene rings is 1. The van der Waals surface area contributed by atoms with Crippen LogP contribution in [0.5, 0.6) is 0 Å². The first-order chi connectivity index (χ1) is 10.2. The third-order valence-electron chi connectivity index (χ3n) is 3.69. The third kappa shape index (κ3) is 4.77. The average Bonchev–Trinajstić information content (AvgIpc) is 2.70. The molecule has 7 heteroatoms. The fourth-order valence-corrected chi connectivity index (χ4v) is 4.97. The van der Waals surface area contributed by atoms with Crippen molar-refractivity contribution in [2.75, 3.05) is 11.5 Å². The summed E-state index contributed by atoms with van der Waals surface area (Å²) in [6, 6.07) is 7.18. The lowest BCUT2D eigenvalue weighted by Crippen LogP contribution is -2.46. The minimum Gasteiger partial charge on any atom is -0.350 e. The molecule has 2 rings (SSSR count). The van der Waals surface area contributed by atoms with E-state index in [1.807, 2.05) is 12.1 Å². The Bertz CT molecular complexity index is 684. The molecule has 0 radical (unpaired) electrons. The van der Waals surface area contributed by atoms with Crippen molar-refractivity contribution in [2.45, 2.75) is 31.7 Å². The number of rotatable bonds is 5. The number of halogens is 1. The molecule has 5 nitrogen and oxygen atoms in total. The van der Waals surface area contributed by atoms with Crippen LogP contribution < -0.4 is 5.32 Å². The van der Waals surface area contributed by atoms with Crippen LogP contribution in [0.3, 0.4) is 0 Å². The highest BCUT2D eigenvalue weighted by molar-refractivity contribution is 14.1. The van der Waals surface area contributed by atoms with Crippen molar-refractivity contribution in [3.8, 4) is 0 Å². The van der Waals surface area contributed by atoms with Gasteiger partial charge in [-0.3, -0.25) is 9.59 Å². The molecule has 1 fully saturated rings. The monoisotopic (exact) mass is 435 g/mol. The van der Waals surface area contributed by atoms with Gasteiger partial charge in [0.05, 0.1) is 17.0 Å². The van der Waals surface area contributed by atoms with E-state index in [0.29, 0.717) is 12.0 Å². The van der Waals surface area contributed by atoms with Crippen LogP contribution in [0.15, 0.2) is 24.3 Å². The number of carbonyl (C=O) groups excluding carboxylic acids is 2. The summed E-state index contributed by atoms with van der Waals surface area (Å²) in [5.74, 6) is -0.295. The van der Waals surface area contributed by atoms with Crippen LogP contribution in [-0.4, -0.2) is 37.2 Å². The number of amides is 1. The van der Waals surface area contributed by atoms with Crippen LogP contribution in [-0.2, 0) is 14.6 Å². The predicted molar refractivity (Wildman–Crippen MR) is 92.5 cm³/mol. The second-order valence-electron chi connectivity index (χ2n) is 5.88. The maximum absolute atomic E-state index is 12.0. The highest BCUT2D eigenvalue weighted by atomic mass is 127. The Morgan fingerprint density at radius 3 is 2.41 bits per heavy atom. The molecule has 22 heavy (non-hydrogen) atoms.